The van der Waals surface area contributed by atoms with Gasteiger partial charge in [-0.1, -0.05) is 48.5 Å². The highest BCUT2D eigenvalue weighted by Gasteiger charge is 2.52. The molecule has 1 saturated heterocycles. The maximum atomic E-state index is 12.8. The van der Waals surface area contributed by atoms with E-state index in [0.29, 0.717) is 13.2 Å². The molecule has 37 heavy (non-hydrogen) atoms. The van der Waals surface area contributed by atoms with Crippen LogP contribution >= 0.6 is 0 Å². The molecule has 8 heteroatoms. The number of nitrogens with zero attached hydrogens (tertiary/aromatic N) is 2. The van der Waals surface area contributed by atoms with Gasteiger partial charge in [0.2, 0.25) is 0 Å². The summed E-state index contributed by atoms with van der Waals surface area (Å²) in [7, 11) is -0.453. The zero-order chi connectivity index (χ0) is 25.8. The van der Waals surface area contributed by atoms with Gasteiger partial charge in [-0.05, 0) is 69.2 Å². The molecule has 1 aromatic heterocycles. The van der Waals surface area contributed by atoms with Gasteiger partial charge >= 0.3 is 13.2 Å². The molecule has 0 spiro atoms. The Bertz CT molecular complexity index is 1270. The fourth-order valence-corrected chi connectivity index (χ4v) is 5.65. The summed E-state index contributed by atoms with van der Waals surface area (Å²) in [5.41, 5.74) is 4.68. The van der Waals surface area contributed by atoms with E-state index in [1.54, 1.807) is 0 Å². The van der Waals surface area contributed by atoms with Crippen LogP contribution < -0.4 is 10.8 Å². The second-order valence-corrected chi connectivity index (χ2v) is 11.6. The molecule has 0 atom stereocenters. The lowest BCUT2D eigenvalue weighted by molar-refractivity contribution is 0.00578. The molecule has 0 radical (unpaired) electrons. The fraction of sp³-hybridized carbons (Fsp3) is 0.448. The van der Waals surface area contributed by atoms with E-state index in [4.69, 9.17) is 14.0 Å². The number of aromatic nitrogens is 2. The summed E-state index contributed by atoms with van der Waals surface area (Å²) < 4.78 is 20.1. The summed E-state index contributed by atoms with van der Waals surface area (Å²) >= 11 is 0. The second-order valence-electron chi connectivity index (χ2n) is 11.6. The fourth-order valence-electron chi connectivity index (χ4n) is 5.65. The smallest absolute Gasteiger partial charge is 0.449 e. The Kier molecular flexibility index (Phi) is 5.73. The topological polar surface area (TPSA) is 74.6 Å². The molecule has 192 valence electrons. The molecule has 3 aromatic rings. The molecule has 3 aliphatic rings. The molecule has 1 aliphatic heterocycles. The Morgan fingerprint density at radius 3 is 2.19 bits per heavy atom. The minimum Gasteiger partial charge on any atom is -0.449 e. The van der Waals surface area contributed by atoms with Crippen molar-refractivity contribution in [3.8, 4) is 11.1 Å². The van der Waals surface area contributed by atoms with Gasteiger partial charge in [-0.3, -0.25) is 4.68 Å². The van der Waals surface area contributed by atoms with Crippen molar-refractivity contribution >= 4 is 18.7 Å². The molecule has 2 aromatic carbocycles. The molecule has 0 bridgehead atoms. The van der Waals surface area contributed by atoms with E-state index in [-0.39, 0.29) is 11.5 Å². The number of carbonyl (C=O) groups excluding carboxylic acids is 1. The lowest BCUT2D eigenvalue weighted by Crippen LogP contribution is -2.50. The maximum absolute atomic E-state index is 12.8. The normalized spacial score (nSPS) is 20.7. The largest absolute Gasteiger partial charge is 0.498 e. The third-order valence-electron chi connectivity index (χ3n) is 8.80. The lowest BCUT2D eigenvalue weighted by atomic mass is 9.76. The van der Waals surface area contributed by atoms with E-state index in [1.807, 2.05) is 56.9 Å². The van der Waals surface area contributed by atoms with Crippen LogP contribution in [0.1, 0.15) is 64.0 Å². The third-order valence-corrected chi connectivity index (χ3v) is 8.80. The quantitative estimate of drug-likeness (QED) is 0.502. The summed E-state index contributed by atoms with van der Waals surface area (Å²) in [5, 5.41) is 7.67. The van der Waals surface area contributed by atoms with Gasteiger partial charge in [0.25, 0.3) is 0 Å². The SMILES string of the molecule is CC1(C)OB(c2cnn(C3(CNC(=O)OCC4c5ccccc5-c5ccccc54)CCC3)c2)OC1(C)C. The standard InChI is InChI=1S/C29H34BN3O4/c1-27(2)28(3,4)37-30(36-27)20-16-32-33(17-20)29(14-9-15-29)19-31-26(34)35-18-25-23-12-7-5-10-21(23)22-11-6-8-13-24(22)25/h5-8,10-13,16-17,25H,9,14-15,18-19H2,1-4H3,(H,31,34). The van der Waals surface area contributed by atoms with Crippen LogP contribution in [0.15, 0.2) is 60.9 Å². The van der Waals surface area contributed by atoms with Gasteiger partial charge in [-0.15, -0.1) is 0 Å². The number of hydrogen-bond donors (Lipinski definition) is 1. The summed E-state index contributed by atoms with van der Waals surface area (Å²) in [6, 6.07) is 16.7. The van der Waals surface area contributed by atoms with Gasteiger partial charge in [-0.25, -0.2) is 4.79 Å². The first-order valence-corrected chi connectivity index (χ1v) is 13.2. The lowest BCUT2D eigenvalue weighted by Gasteiger charge is -2.42. The van der Waals surface area contributed by atoms with Gasteiger partial charge in [0.1, 0.15) is 6.61 Å². The number of amides is 1. The number of benzene rings is 2. The molecule has 2 aliphatic carbocycles. The van der Waals surface area contributed by atoms with E-state index in [0.717, 1.165) is 24.7 Å². The number of hydrogen-bond acceptors (Lipinski definition) is 5. The van der Waals surface area contributed by atoms with Crippen LogP contribution in [-0.2, 0) is 19.6 Å². The summed E-state index contributed by atoms with van der Waals surface area (Å²) in [5.74, 6) is 0.0457. The number of nitrogens with one attached hydrogen (secondary N) is 1. The van der Waals surface area contributed by atoms with E-state index >= 15 is 0 Å². The third kappa shape index (κ3) is 4.07. The van der Waals surface area contributed by atoms with Crippen LogP contribution in [0.2, 0.25) is 0 Å². The van der Waals surface area contributed by atoms with Gasteiger partial charge in [0.05, 0.1) is 16.7 Å². The number of ether oxygens (including phenoxy) is 1. The van der Waals surface area contributed by atoms with Crippen molar-refractivity contribution in [3.63, 3.8) is 0 Å². The zero-order valence-corrected chi connectivity index (χ0v) is 22.0. The van der Waals surface area contributed by atoms with Gasteiger partial charge in [0, 0.05) is 30.3 Å². The van der Waals surface area contributed by atoms with E-state index < -0.39 is 24.4 Å². The van der Waals surface area contributed by atoms with E-state index in [2.05, 4.69) is 46.8 Å². The molecule has 1 amide bonds. The van der Waals surface area contributed by atoms with Crippen LogP contribution in [0.5, 0.6) is 0 Å². The summed E-state index contributed by atoms with van der Waals surface area (Å²) in [6.45, 7) is 8.95. The number of rotatable bonds is 6. The van der Waals surface area contributed by atoms with E-state index in [1.165, 1.54) is 22.3 Å². The Labute approximate surface area is 218 Å². The molecule has 7 nitrogen and oxygen atoms in total. The van der Waals surface area contributed by atoms with Crippen molar-refractivity contribution in [2.45, 2.75) is 69.6 Å². The van der Waals surface area contributed by atoms with Crippen molar-refractivity contribution < 1.29 is 18.8 Å². The molecule has 1 N–H and O–H groups in total. The monoisotopic (exact) mass is 499 g/mol. The Hall–Kier alpha value is -3.10. The predicted molar refractivity (Wildman–Crippen MR) is 143 cm³/mol. The van der Waals surface area contributed by atoms with Crippen LogP contribution in [0, 0.1) is 0 Å². The van der Waals surface area contributed by atoms with Crippen molar-refractivity contribution in [3.05, 3.63) is 72.1 Å². The number of alkyl carbamates (subject to hydrolysis) is 1. The molecule has 6 rings (SSSR count). The number of carbonyl (C=O) groups is 1. The van der Waals surface area contributed by atoms with Gasteiger partial charge in [-0.2, -0.15) is 5.10 Å². The van der Waals surface area contributed by atoms with Crippen molar-refractivity contribution in [1.29, 1.82) is 0 Å². The first-order valence-electron chi connectivity index (χ1n) is 13.2. The van der Waals surface area contributed by atoms with Crippen LogP contribution in [-0.4, -0.2) is 47.3 Å². The molecular formula is C29H34BN3O4. The highest BCUT2D eigenvalue weighted by Crippen LogP contribution is 2.44. The molecule has 2 fully saturated rings. The summed E-state index contributed by atoms with van der Waals surface area (Å²) in [4.78, 5) is 12.8. The molecule has 0 unspecified atom stereocenters. The number of fused-ring (bicyclic) bond motifs is 3. The Balaban J connectivity index is 1.09. The zero-order valence-electron chi connectivity index (χ0n) is 22.0. The van der Waals surface area contributed by atoms with Crippen molar-refractivity contribution in [2.24, 2.45) is 0 Å². The van der Waals surface area contributed by atoms with Crippen molar-refractivity contribution in [1.82, 2.24) is 15.1 Å². The van der Waals surface area contributed by atoms with Gasteiger partial charge in [0.15, 0.2) is 0 Å². The van der Waals surface area contributed by atoms with Crippen molar-refractivity contribution in [2.75, 3.05) is 13.2 Å². The Morgan fingerprint density at radius 1 is 1.03 bits per heavy atom. The Morgan fingerprint density at radius 2 is 1.62 bits per heavy atom. The molecule has 2 heterocycles. The molecule has 1 saturated carbocycles. The van der Waals surface area contributed by atoms with Crippen LogP contribution in [0.25, 0.3) is 11.1 Å². The average molecular weight is 499 g/mol. The summed E-state index contributed by atoms with van der Waals surface area (Å²) in [6.07, 6.45) is 6.41. The highest BCUT2D eigenvalue weighted by molar-refractivity contribution is 6.62. The second kappa shape index (κ2) is 8.74. The molecular weight excluding hydrogens is 465 g/mol. The van der Waals surface area contributed by atoms with Crippen LogP contribution in [0.3, 0.4) is 0 Å². The highest BCUT2D eigenvalue weighted by atomic mass is 16.7. The van der Waals surface area contributed by atoms with Gasteiger partial charge < -0.3 is 19.4 Å². The minimum atomic E-state index is -0.453. The van der Waals surface area contributed by atoms with E-state index in [9.17, 15) is 4.79 Å². The van der Waals surface area contributed by atoms with Crippen LogP contribution in [0.4, 0.5) is 4.79 Å². The average Bonchev–Trinajstić information content (AvgIpc) is 3.51. The first kappa shape index (κ1) is 24.3. The predicted octanol–water partition coefficient (Wildman–Crippen LogP) is 4.60. The minimum absolute atomic E-state index is 0.0457. The first-order chi connectivity index (χ1) is 17.7. The maximum Gasteiger partial charge on any atom is 0.498 e.